The Morgan fingerprint density at radius 3 is 2.38 bits per heavy atom. The van der Waals surface area contributed by atoms with Gasteiger partial charge < -0.3 is 0 Å². The van der Waals surface area contributed by atoms with Crippen LogP contribution in [0.1, 0.15) is 12.0 Å². The third-order valence-corrected chi connectivity index (χ3v) is 6.82. The summed E-state index contributed by atoms with van der Waals surface area (Å²) >= 11 is 18.4. The van der Waals surface area contributed by atoms with E-state index in [1.807, 2.05) is 0 Å². The normalized spacial score (nSPS) is 20.1. The number of nitro benzene ring substituents is 1. The van der Waals surface area contributed by atoms with Crippen LogP contribution < -0.4 is 4.90 Å². The van der Waals surface area contributed by atoms with Crippen molar-refractivity contribution in [2.75, 3.05) is 4.90 Å². The summed E-state index contributed by atoms with van der Waals surface area (Å²) in [4.78, 5) is 51.3. The van der Waals surface area contributed by atoms with Gasteiger partial charge in [-0.1, -0.05) is 47.2 Å². The second kappa shape index (κ2) is 9.67. The van der Waals surface area contributed by atoms with Crippen LogP contribution in [0.4, 0.5) is 11.4 Å². The summed E-state index contributed by atoms with van der Waals surface area (Å²) in [6.45, 7) is 0. The van der Waals surface area contributed by atoms with Gasteiger partial charge in [0.25, 0.3) is 17.5 Å². The predicted molar refractivity (Wildman–Crippen MR) is 134 cm³/mol. The van der Waals surface area contributed by atoms with E-state index in [9.17, 15) is 24.5 Å². The molecule has 1 unspecified atom stereocenters. The molecule has 1 atom stereocenters. The number of benzene rings is 2. The zero-order chi connectivity index (χ0) is 24.6. The standard InChI is InChI=1S/C22H13Cl2N3O5S2/c23-13-3-7-15(8-4-13)25-19(28)11-17(20(25)29)26-21(30)18(34-22(26)33)10-14(24)9-12-1-5-16(6-2-12)27(31)32/h1-10,17H,11H2/b14-9+,18-10-. The zero-order valence-electron chi connectivity index (χ0n) is 17.0. The van der Waals surface area contributed by atoms with Crippen molar-refractivity contribution < 1.29 is 19.3 Å². The van der Waals surface area contributed by atoms with Crippen molar-refractivity contribution in [3.8, 4) is 0 Å². The highest BCUT2D eigenvalue weighted by Gasteiger charge is 2.48. The molecular weight excluding hydrogens is 521 g/mol. The molecule has 0 saturated carbocycles. The molecule has 0 spiro atoms. The van der Waals surface area contributed by atoms with Crippen molar-refractivity contribution >= 4 is 86.7 Å². The van der Waals surface area contributed by atoms with E-state index in [2.05, 4.69) is 0 Å². The number of nitrogens with zero attached hydrogens (tertiary/aromatic N) is 3. The summed E-state index contributed by atoms with van der Waals surface area (Å²) in [6, 6.07) is 10.9. The summed E-state index contributed by atoms with van der Waals surface area (Å²) in [7, 11) is 0. The zero-order valence-corrected chi connectivity index (χ0v) is 20.2. The summed E-state index contributed by atoms with van der Waals surface area (Å²) in [5, 5.41) is 11.4. The molecule has 0 aromatic heterocycles. The smallest absolute Gasteiger partial charge is 0.269 e. The molecule has 34 heavy (non-hydrogen) atoms. The van der Waals surface area contributed by atoms with E-state index in [1.165, 1.54) is 36.4 Å². The fraction of sp³-hybridized carbons (Fsp3) is 0.0909. The van der Waals surface area contributed by atoms with E-state index < -0.39 is 28.7 Å². The monoisotopic (exact) mass is 533 g/mol. The molecule has 3 amide bonds. The lowest BCUT2D eigenvalue weighted by atomic mass is 10.2. The molecule has 0 radical (unpaired) electrons. The van der Waals surface area contributed by atoms with E-state index in [-0.39, 0.29) is 26.4 Å². The van der Waals surface area contributed by atoms with Gasteiger partial charge in [0.2, 0.25) is 5.91 Å². The number of halogens is 2. The number of thioether (sulfide) groups is 1. The number of rotatable bonds is 5. The van der Waals surface area contributed by atoms with E-state index in [0.29, 0.717) is 16.3 Å². The second-order valence-electron chi connectivity index (χ2n) is 7.19. The first-order chi connectivity index (χ1) is 16.2. The van der Waals surface area contributed by atoms with Gasteiger partial charge in [-0.25, -0.2) is 4.90 Å². The molecule has 0 N–H and O–H groups in total. The third kappa shape index (κ3) is 4.76. The Hall–Kier alpha value is -3.05. The lowest BCUT2D eigenvalue weighted by Gasteiger charge is -2.21. The van der Waals surface area contributed by atoms with Crippen molar-refractivity contribution in [1.82, 2.24) is 4.90 Å². The number of nitro groups is 1. The molecule has 2 aliphatic rings. The Balaban J connectivity index is 1.53. The number of amides is 3. The molecule has 2 fully saturated rings. The van der Waals surface area contributed by atoms with E-state index in [4.69, 9.17) is 35.4 Å². The van der Waals surface area contributed by atoms with Crippen molar-refractivity contribution in [3.05, 3.63) is 85.2 Å². The average molecular weight is 534 g/mol. The van der Waals surface area contributed by atoms with Gasteiger partial charge in [-0.05, 0) is 54.1 Å². The predicted octanol–water partition coefficient (Wildman–Crippen LogP) is 4.90. The molecule has 2 aromatic rings. The van der Waals surface area contributed by atoms with Crippen LogP contribution in [0.2, 0.25) is 5.02 Å². The van der Waals surface area contributed by atoms with Gasteiger partial charge in [-0.2, -0.15) is 0 Å². The van der Waals surface area contributed by atoms with Crippen LogP contribution in [0.5, 0.6) is 0 Å². The fourth-order valence-electron chi connectivity index (χ4n) is 3.45. The SMILES string of the molecule is O=C1CC(N2C(=O)/C(=C/C(Cl)=C\c3ccc([N+](=O)[O-])cc3)SC2=S)C(=O)N1c1ccc(Cl)cc1. The Bertz CT molecular complexity index is 1290. The second-order valence-corrected chi connectivity index (χ2v) is 9.74. The molecule has 0 aliphatic carbocycles. The lowest BCUT2D eigenvalue weighted by Crippen LogP contribution is -2.44. The van der Waals surface area contributed by atoms with Gasteiger partial charge >= 0.3 is 0 Å². The summed E-state index contributed by atoms with van der Waals surface area (Å²) in [6.07, 6.45) is 2.73. The minimum atomic E-state index is -1.06. The van der Waals surface area contributed by atoms with Crippen LogP contribution in [0.15, 0.2) is 64.5 Å². The first-order valence-corrected chi connectivity index (χ1v) is 11.6. The van der Waals surface area contributed by atoms with Crippen LogP contribution in [0, 0.1) is 10.1 Å². The van der Waals surface area contributed by atoms with Crippen molar-refractivity contribution in [2.45, 2.75) is 12.5 Å². The van der Waals surface area contributed by atoms with Gasteiger partial charge in [0.05, 0.1) is 21.9 Å². The number of thiocarbonyl (C=S) groups is 1. The summed E-state index contributed by atoms with van der Waals surface area (Å²) in [5.41, 5.74) is 0.895. The topological polar surface area (TPSA) is 101 Å². The highest BCUT2D eigenvalue weighted by Crippen LogP contribution is 2.37. The van der Waals surface area contributed by atoms with E-state index in [1.54, 1.807) is 24.3 Å². The maximum atomic E-state index is 13.0. The number of carbonyl (C=O) groups excluding carboxylic acids is 3. The quantitative estimate of drug-likeness (QED) is 0.177. The van der Waals surface area contributed by atoms with Crippen LogP contribution in [-0.4, -0.2) is 37.9 Å². The third-order valence-electron chi connectivity index (χ3n) is 5.02. The summed E-state index contributed by atoms with van der Waals surface area (Å²) < 4.78 is 0.139. The first-order valence-electron chi connectivity index (χ1n) is 9.67. The molecule has 8 nitrogen and oxygen atoms in total. The summed E-state index contributed by atoms with van der Waals surface area (Å²) in [5.74, 6) is -1.54. The first kappa shape index (κ1) is 24.1. The Labute approximate surface area is 212 Å². The van der Waals surface area contributed by atoms with Gasteiger partial charge in [0, 0.05) is 22.2 Å². The minimum Gasteiger partial charge on any atom is -0.280 e. The fourth-order valence-corrected chi connectivity index (χ4v) is 5.22. The largest absolute Gasteiger partial charge is 0.280 e. The number of anilines is 1. The molecule has 2 heterocycles. The van der Waals surface area contributed by atoms with Crippen LogP contribution >= 0.6 is 47.2 Å². The highest BCUT2D eigenvalue weighted by molar-refractivity contribution is 8.26. The van der Waals surface area contributed by atoms with Crippen molar-refractivity contribution in [3.63, 3.8) is 0 Å². The van der Waals surface area contributed by atoms with Gasteiger partial charge in [-0.15, -0.1) is 0 Å². The number of hydrogen-bond acceptors (Lipinski definition) is 7. The van der Waals surface area contributed by atoms with Crippen LogP contribution in [-0.2, 0) is 14.4 Å². The molecule has 2 aliphatic heterocycles. The highest BCUT2D eigenvalue weighted by atomic mass is 35.5. The van der Waals surface area contributed by atoms with Gasteiger partial charge in [0.1, 0.15) is 10.4 Å². The van der Waals surface area contributed by atoms with Gasteiger partial charge in [-0.3, -0.25) is 29.4 Å². The van der Waals surface area contributed by atoms with E-state index >= 15 is 0 Å². The number of hydrogen-bond donors (Lipinski definition) is 0. The van der Waals surface area contributed by atoms with Gasteiger partial charge in [0.15, 0.2) is 0 Å². The van der Waals surface area contributed by atoms with Crippen molar-refractivity contribution in [1.29, 1.82) is 0 Å². The molecule has 2 saturated heterocycles. The lowest BCUT2D eigenvalue weighted by molar-refractivity contribution is -0.384. The number of imide groups is 1. The molecule has 2 aromatic carbocycles. The Kier molecular flexibility index (Phi) is 6.85. The van der Waals surface area contributed by atoms with Crippen LogP contribution in [0.25, 0.3) is 6.08 Å². The van der Waals surface area contributed by atoms with Crippen LogP contribution in [0.3, 0.4) is 0 Å². The minimum absolute atomic E-state index is 0.0578. The maximum Gasteiger partial charge on any atom is 0.269 e. The number of allylic oxidation sites excluding steroid dienone is 2. The molecule has 172 valence electrons. The maximum absolute atomic E-state index is 13.0. The van der Waals surface area contributed by atoms with Crippen molar-refractivity contribution in [2.24, 2.45) is 0 Å². The Morgan fingerprint density at radius 2 is 1.76 bits per heavy atom. The average Bonchev–Trinajstić information content (AvgIpc) is 3.22. The number of non-ortho nitro benzene ring substituents is 1. The Morgan fingerprint density at radius 1 is 1.12 bits per heavy atom. The molecule has 4 rings (SSSR count). The van der Waals surface area contributed by atoms with E-state index in [0.717, 1.165) is 21.6 Å². The molecule has 0 bridgehead atoms. The number of carbonyl (C=O) groups is 3. The molecular formula is C22H13Cl2N3O5S2. The molecule has 12 heteroatoms.